The fourth-order valence-corrected chi connectivity index (χ4v) is 4.59. The van der Waals surface area contributed by atoms with E-state index in [0.29, 0.717) is 30.3 Å². The number of carboxylic acids is 1. The van der Waals surface area contributed by atoms with Gasteiger partial charge in [0.1, 0.15) is 0 Å². The number of rotatable bonds is 10. The number of piperazine rings is 1. The Morgan fingerprint density at radius 2 is 1.69 bits per heavy atom. The quantitative estimate of drug-likeness (QED) is 0.489. The van der Waals surface area contributed by atoms with Crippen molar-refractivity contribution in [3.05, 3.63) is 17.7 Å². The minimum absolute atomic E-state index is 0. The van der Waals surface area contributed by atoms with Crippen molar-refractivity contribution in [2.45, 2.75) is 57.5 Å². The summed E-state index contributed by atoms with van der Waals surface area (Å²) in [5.41, 5.74) is 1.05. The molecular formula is C23H38Cl2N2O5. The minimum atomic E-state index is -0.813. The van der Waals surface area contributed by atoms with Gasteiger partial charge in [-0.1, -0.05) is 25.3 Å². The average molecular weight is 493 g/mol. The highest BCUT2D eigenvalue weighted by molar-refractivity contribution is 5.85. The normalized spacial score (nSPS) is 17.7. The highest BCUT2D eigenvalue weighted by Gasteiger charge is 2.26. The van der Waals surface area contributed by atoms with Crippen LogP contribution in [-0.2, 0) is 11.3 Å². The molecule has 1 aromatic carbocycles. The summed E-state index contributed by atoms with van der Waals surface area (Å²) in [6.07, 6.45) is 7.39. The number of carbonyl (C=O) groups is 1. The molecular weight excluding hydrogens is 455 g/mol. The predicted molar refractivity (Wildman–Crippen MR) is 130 cm³/mol. The first kappa shape index (κ1) is 28.6. The van der Waals surface area contributed by atoms with Crippen molar-refractivity contribution in [3.8, 4) is 17.2 Å². The SMILES string of the molecule is COc1ccc(CN2CCN(C3CCCCC3)CC2)c(OCCCC(=O)O)c1OC.Cl.Cl. The zero-order valence-corrected chi connectivity index (χ0v) is 20.8. The number of benzene rings is 1. The molecule has 1 saturated heterocycles. The molecule has 0 bridgehead atoms. The van der Waals surface area contributed by atoms with Crippen LogP contribution in [-0.4, -0.2) is 73.9 Å². The molecule has 7 nitrogen and oxygen atoms in total. The molecule has 2 fully saturated rings. The summed E-state index contributed by atoms with van der Waals surface area (Å²) in [6.45, 7) is 5.44. The number of halogens is 2. The Morgan fingerprint density at radius 1 is 1.00 bits per heavy atom. The minimum Gasteiger partial charge on any atom is -0.493 e. The molecule has 0 spiro atoms. The van der Waals surface area contributed by atoms with Crippen molar-refractivity contribution < 1.29 is 24.1 Å². The Morgan fingerprint density at radius 3 is 2.28 bits per heavy atom. The summed E-state index contributed by atoms with van der Waals surface area (Å²) in [5.74, 6) is 1.05. The third-order valence-electron chi connectivity index (χ3n) is 6.25. The standard InChI is InChI=1S/C23H36N2O5.2ClH/c1-28-20-11-10-18(22(23(20)29-2)30-16-6-9-21(26)27)17-24-12-14-25(15-13-24)19-7-4-3-5-8-19;;/h10-11,19H,3-9,12-17H2,1-2H3,(H,26,27);2*1H. The largest absolute Gasteiger partial charge is 0.493 e. The maximum atomic E-state index is 10.8. The van der Waals surface area contributed by atoms with Crippen LogP contribution in [0.2, 0.25) is 0 Å². The molecule has 1 N–H and O–H groups in total. The first-order chi connectivity index (χ1) is 14.6. The van der Waals surface area contributed by atoms with Gasteiger partial charge in [0.05, 0.1) is 20.8 Å². The van der Waals surface area contributed by atoms with E-state index in [2.05, 4.69) is 9.80 Å². The van der Waals surface area contributed by atoms with Gasteiger partial charge in [-0.25, -0.2) is 0 Å². The van der Waals surface area contributed by atoms with Crippen molar-refractivity contribution in [1.29, 1.82) is 0 Å². The van der Waals surface area contributed by atoms with E-state index in [1.54, 1.807) is 14.2 Å². The van der Waals surface area contributed by atoms with Crippen LogP contribution in [0.1, 0.15) is 50.5 Å². The van der Waals surface area contributed by atoms with E-state index < -0.39 is 5.97 Å². The lowest BCUT2D eigenvalue weighted by molar-refractivity contribution is -0.137. The summed E-state index contributed by atoms with van der Waals surface area (Å²) in [6, 6.07) is 4.72. The van der Waals surface area contributed by atoms with Crippen molar-refractivity contribution in [3.63, 3.8) is 0 Å². The monoisotopic (exact) mass is 492 g/mol. The molecule has 3 rings (SSSR count). The van der Waals surface area contributed by atoms with E-state index in [1.165, 1.54) is 32.1 Å². The zero-order valence-electron chi connectivity index (χ0n) is 19.2. The van der Waals surface area contributed by atoms with E-state index in [-0.39, 0.29) is 31.2 Å². The Hall–Kier alpha value is -1.41. The van der Waals surface area contributed by atoms with E-state index in [4.69, 9.17) is 19.3 Å². The highest BCUT2D eigenvalue weighted by Crippen LogP contribution is 2.40. The van der Waals surface area contributed by atoms with Crippen molar-refractivity contribution >= 4 is 30.8 Å². The van der Waals surface area contributed by atoms with Gasteiger partial charge in [0.15, 0.2) is 11.5 Å². The first-order valence-electron chi connectivity index (χ1n) is 11.2. The van der Waals surface area contributed by atoms with Gasteiger partial charge in [-0.3, -0.25) is 14.6 Å². The number of hydrogen-bond acceptors (Lipinski definition) is 6. The van der Waals surface area contributed by atoms with Crippen LogP contribution < -0.4 is 14.2 Å². The first-order valence-corrected chi connectivity index (χ1v) is 11.2. The van der Waals surface area contributed by atoms with Crippen molar-refractivity contribution in [1.82, 2.24) is 9.80 Å². The Balaban J connectivity index is 0.00000256. The second kappa shape index (κ2) is 14.7. The van der Waals surface area contributed by atoms with Crippen molar-refractivity contribution in [2.75, 3.05) is 47.0 Å². The number of nitrogens with zero attached hydrogens (tertiary/aromatic N) is 2. The number of methoxy groups -OCH3 is 2. The fourth-order valence-electron chi connectivity index (χ4n) is 4.59. The smallest absolute Gasteiger partial charge is 0.303 e. The van der Waals surface area contributed by atoms with Gasteiger partial charge in [-0.05, 0) is 25.3 Å². The summed E-state index contributed by atoms with van der Waals surface area (Å²) < 4.78 is 17.0. The van der Waals surface area contributed by atoms with E-state index >= 15 is 0 Å². The van der Waals surface area contributed by atoms with Crippen LogP contribution in [0.25, 0.3) is 0 Å². The second-order valence-electron chi connectivity index (χ2n) is 8.24. The molecule has 9 heteroatoms. The summed E-state index contributed by atoms with van der Waals surface area (Å²) in [5, 5.41) is 8.87. The van der Waals surface area contributed by atoms with E-state index in [1.807, 2.05) is 12.1 Å². The molecule has 0 radical (unpaired) electrons. The number of ether oxygens (including phenoxy) is 3. The summed E-state index contributed by atoms with van der Waals surface area (Å²) >= 11 is 0. The molecule has 32 heavy (non-hydrogen) atoms. The van der Waals surface area contributed by atoms with E-state index in [9.17, 15) is 4.79 Å². The summed E-state index contributed by atoms with van der Waals surface area (Å²) in [4.78, 5) is 15.9. The zero-order chi connectivity index (χ0) is 21.3. The Kier molecular flexibility index (Phi) is 13.1. The molecule has 2 aliphatic rings. The van der Waals surface area contributed by atoms with Crippen LogP contribution in [0.3, 0.4) is 0 Å². The number of aliphatic carboxylic acids is 1. The molecule has 184 valence electrons. The third-order valence-corrected chi connectivity index (χ3v) is 6.25. The number of hydrogen-bond donors (Lipinski definition) is 1. The van der Waals surface area contributed by atoms with Gasteiger partial charge in [-0.2, -0.15) is 0 Å². The topological polar surface area (TPSA) is 71.5 Å². The van der Waals surface area contributed by atoms with Gasteiger partial charge in [0.25, 0.3) is 0 Å². The van der Waals surface area contributed by atoms with Gasteiger partial charge in [0.2, 0.25) is 5.75 Å². The van der Waals surface area contributed by atoms with Crippen LogP contribution in [0.5, 0.6) is 17.2 Å². The van der Waals surface area contributed by atoms with Crippen LogP contribution in [0.15, 0.2) is 12.1 Å². The number of carboxylic acid groups (broad SMARTS) is 1. The lowest BCUT2D eigenvalue weighted by Crippen LogP contribution is -2.50. The third kappa shape index (κ3) is 7.87. The summed E-state index contributed by atoms with van der Waals surface area (Å²) in [7, 11) is 3.21. The molecule has 0 amide bonds. The van der Waals surface area contributed by atoms with Gasteiger partial charge in [0, 0.05) is 50.7 Å². The molecule has 0 unspecified atom stereocenters. The Bertz CT molecular complexity index is 693. The highest BCUT2D eigenvalue weighted by atomic mass is 35.5. The predicted octanol–water partition coefficient (Wildman–Crippen LogP) is 4.24. The molecule has 0 aromatic heterocycles. The van der Waals surface area contributed by atoms with Crippen LogP contribution in [0.4, 0.5) is 0 Å². The lowest BCUT2D eigenvalue weighted by atomic mass is 9.94. The van der Waals surface area contributed by atoms with E-state index in [0.717, 1.165) is 44.3 Å². The molecule has 1 heterocycles. The average Bonchev–Trinajstić information content (AvgIpc) is 2.78. The molecule has 1 aliphatic carbocycles. The second-order valence-corrected chi connectivity index (χ2v) is 8.24. The van der Waals surface area contributed by atoms with Crippen LogP contribution in [0, 0.1) is 0 Å². The molecule has 1 aromatic rings. The van der Waals surface area contributed by atoms with Crippen molar-refractivity contribution in [2.24, 2.45) is 0 Å². The van der Waals surface area contributed by atoms with Gasteiger partial charge < -0.3 is 19.3 Å². The van der Waals surface area contributed by atoms with Gasteiger partial charge in [-0.15, -0.1) is 24.8 Å². The molecule has 1 aliphatic heterocycles. The Labute approximate surface area is 204 Å². The lowest BCUT2D eigenvalue weighted by Gasteiger charge is -2.41. The molecule has 1 saturated carbocycles. The maximum absolute atomic E-state index is 10.8. The fraction of sp³-hybridized carbons (Fsp3) is 0.696. The van der Waals surface area contributed by atoms with Gasteiger partial charge >= 0.3 is 5.97 Å². The maximum Gasteiger partial charge on any atom is 0.303 e. The van der Waals surface area contributed by atoms with Crippen LogP contribution >= 0.6 is 24.8 Å². The molecule has 0 atom stereocenters.